The van der Waals surface area contributed by atoms with Crippen molar-refractivity contribution in [3.63, 3.8) is 0 Å². The Morgan fingerprint density at radius 3 is 2.41 bits per heavy atom. The zero-order valence-electron chi connectivity index (χ0n) is 26.0. The summed E-state index contributed by atoms with van der Waals surface area (Å²) in [6.45, 7) is 11.0. The van der Waals surface area contributed by atoms with E-state index in [4.69, 9.17) is 16.3 Å². The highest BCUT2D eigenvalue weighted by molar-refractivity contribution is 6.21. The van der Waals surface area contributed by atoms with Gasteiger partial charge in [0.05, 0.1) is 31.3 Å². The highest BCUT2D eigenvalue weighted by Gasteiger charge is 2.36. The van der Waals surface area contributed by atoms with Crippen LogP contribution in [0.5, 0.6) is 0 Å². The van der Waals surface area contributed by atoms with Crippen molar-refractivity contribution in [1.29, 1.82) is 0 Å². The van der Waals surface area contributed by atoms with Crippen LogP contribution in [0.3, 0.4) is 0 Å². The molecule has 6 atom stereocenters. The summed E-state index contributed by atoms with van der Waals surface area (Å²) in [6.07, 6.45) is 14.4. The van der Waals surface area contributed by atoms with Gasteiger partial charge in [-0.1, -0.05) is 6.58 Å². The highest BCUT2D eigenvalue weighted by Crippen LogP contribution is 2.36. The van der Waals surface area contributed by atoms with E-state index in [-0.39, 0.29) is 48.2 Å². The molecule has 3 saturated carbocycles. The molecule has 3 amide bonds. The summed E-state index contributed by atoms with van der Waals surface area (Å²) in [5, 5.41) is 21.7. The minimum absolute atomic E-state index is 0.0252. The lowest BCUT2D eigenvalue weighted by Crippen LogP contribution is -2.54. The number of hydrogen-bond donors (Lipinski definition) is 5. The topological polar surface area (TPSA) is 140 Å². The first kappa shape index (κ1) is 34.4. The van der Waals surface area contributed by atoms with Gasteiger partial charge in [-0.2, -0.15) is 0 Å². The van der Waals surface area contributed by atoms with Gasteiger partial charge in [-0.05, 0) is 102 Å². The van der Waals surface area contributed by atoms with Gasteiger partial charge in [0.15, 0.2) is 0 Å². The number of piperidine rings is 1. The number of amides is 3. The Balaban J connectivity index is 1.22. The van der Waals surface area contributed by atoms with Gasteiger partial charge in [0.1, 0.15) is 5.76 Å². The second-order valence-corrected chi connectivity index (χ2v) is 13.2. The molecule has 0 radical (unpaired) electrons. The Kier molecular flexibility index (Phi) is 14.0. The number of urea groups is 1. The quantitative estimate of drug-likeness (QED) is 0.0813. The molecule has 4 rings (SSSR count). The molecule has 1 aliphatic heterocycles. The molecule has 4 fully saturated rings. The third-order valence-electron chi connectivity index (χ3n) is 9.47. The number of aliphatic hydroxyl groups excluding tert-OH is 1. The van der Waals surface area contributed by atoms with Crippen molar-refractivity contribution in [2.45, 2.75) is 99.9 Å². The Bertz CT molecular complexity index is 1010. The van der Waals surface area contributed by atoms with Crippen molar-refractivity contribution in [1.82, 2.24) is 26.2 Å². The Morgan fingerprint density at radius 2 is 1.73 bits per heavy atom. The molecule has 3 aliphatic carbocycles. The van der Waals surface area contributed by atoms with E-state index in [1.54, 1.807) is 6.21 Å². The SMILES string of the molecule is C=CC(=O)NC1CC(C2CCN(CCO)CC2)CCC1NCN=CC=C(CN=C)OC1CCC(NC(=O)NC2CC2)C(Cl)C1. The zero-order valence-corrected chi connectivity index (χ0v) is 26.7. The molecule has 0 aromatic carbocycles. The summed E-state index contributed by atoms with van der Waals surface area (Å²) >= 11 is 6.62. The summed E-state index contributed by atoms with van der Waals surface area (Å²) in [6, 6.07) is 0.255. The maximum absolute atomic E-state index is 12.2. The Labute approximate surface area is 267 Å². The van der Waals surface area contributed by atoms with Crippen LogP contribution in [0.15, 0.2) is 34.5 Å². The lowest BCUT2D eigenvalue weighted by molar-refractivity contribution is -0.117. The number of halogens is 1. The largest absolute Gasteiger partial charge is 0.493 e. The summed E-state index contributed by atoms with van der Waals surface area (Å²) in [5.41, 5.74) is 0. The number of likely N-dealkylation sites (tertiary alicyclic amines) is 1. The maximum Gasteiger partial charge on any atom is 0.315 e. The Hall–Kier alpha value is -2.47. The summed E-state index contributed by atoms with van der Waals surface area (Å²) in [7, 11) is 0. The number of carbonyl (C=O) groups excluding carboxylic acids is 2. The van der Waals surface area contributed by atoms with Crippen molar-refractivity contribution in [2.24, 2.45) is 21.8 Å². The molecular formula is C32H52ClN7O4. The van der Waals surface area contributed by atoms with Crippen molar-refractivity contribution < 1.29 is 19.4 Å². The molecule has 0 aromatic heterocycles. The van der Waals surface area contributed by atoms with E-state index >= 15 is 0 Å². The predicted octanol–water partition coefficient (Wildman–Crippen LogP) is 2.74. The molecule has 0 aromatic rings. The third kappa shape index (κ3) is 11.2. The third-order valence-corrected chi connectivity index (χ3v) is 9.95. The number of rotatable bonds is 15. The first-order chi connectivity index (χ1) is 21.4. The maximum atomic E-state index is 12.2. The summed E-state index contributed by atoms with van der Waals surface area (Å²) in [5.74, 6) is 1.77. The van der Waals surface area contributed by atoms with Crippen molar-refractivity contribution in [3.05, 3.63) is 24.5 Å². The van der Waals surface area contributed by atoms with Gasteiger partial charge in [0.2, 0.25) is 5.91 Å². The lowest BCUT2D eigenvalue weighted by atomic mass is 9.72. The summed E-state index contributed by atoms with van der Waals surface area (Å²) < 4.78 is 6.22. The van der Waals surface area contributed by atoms with E-state index in [1.807, 2.05) is 6.08 Å². The lowest BCUT2D eigenvalue weighted by Gasteiger charge is -2.42. The number of alkyl halides is 1. The van der Waals surface area contributed by atoms with Crippen molar-refractivity contribution in [3.8, 4) is 0 Å². The van der Waals surface area contributed by atoms with Crippen LogP contribution < -0.4 is 21.3 Å². The van der Waals surface area contributed by atoms with Gasteiger partial charge >= 0.3 is 6.03 Å². The van der Waals surface area contributed by atoms with Crippen LogP contribution in [0.25, 0.3) is 0 Å². The number of hydrogen-bond acceptors (Lipinski definition) is 8. The fourth-order valence-electron chi connectivity index (χ4n) is 6.85. The van der Waals surface area contributed by atoms with E-state index in [2.05, 4.69) is 49.4 Å². The average Bonchev–Trinajstić information content (AvgIpc) is 3.83. The number of ether oxygens (including phenoxy) is 1. The summed E-state index contributed by atoms with van der Waals surface area (Å²) in [4.78, 5) is 35.2. The number of aliphatic hydroxyl groups is 1. The van der Waals surface area contributed by atoms with Crippen LogP contribution in [-0.4, -0.2) is 110 Å². The van der Waals surface area contributed by atoms with Gasteiger partial charge in [-0.15, -0.1) is 11.6 Å². The molecule has 4 aliphatic rings. The fraction of sp³-hybridized carbons (Fsp3) is 0.750. The smallest absolute Gasteiger partial charge is 0.315 e. The van der Waals surface area contributed by atoms with E-state index in [9.17, 15) is 14.7 Å². The van der Waals surface area contributed by atoms with Crippen LogP contribution >= 0.6 is 11.6 Å². The van der Waals surface area contributed by atoms with Gasteiger partial charge in [-0.25, -0.2) is 4.79 Å². The van der Waals surface area contributed by atoms with E-state index < -0.39 is 0 Å². The van der Waals surface area contributed by atoms with Crippen LogP contribution in [-0.2, 0) is 9.53 Å². The van der Waals surface area contributed by atoms with Gasteiger partial charge in [0, 0.05) is 43.3 Å². The standard InChI is InChI=1S/C32H52ClN7O4/c1-3-31(42)38-30-18-23(22-11-14-40(15-12-22)16-17-41)4-8-29(30)36-21-35-13-10-26(20-34-2)44-25-7-9-28(27(33)19-25)39-32(43)37-24-5-6-24/h3,10,13,22-25,27-30,36,41H,1-2,4-9,11-12,14-21H2,(H,38,42)(H2,37,39,43). The second kappa shape index (κ2) is 17.9. The molecule has 246 valence electrons. The Morgan fingerprint density at radius 1 is 0.955 bits per heavy atom. The molecule has 1 heterocycles. The van der Waals surface area contributed by atoms with Gasteiger partial charge < -0.3 is 30.7 Å². The van der Waals surface area contributed by atoms with E-state index in [0.29, 0.717) is 43.3 Å². The second-order valence-electron chi connectivity index (χ2n) is 12.7. The zero-order chi connectivity index (χ0) is 31.3. The van der Waals surface area contributed by atoms with Crippen molar-refractivity contribution in [2.75, 3.05) is 39.5 Å². The number of nitrogens with zero attached hydrogens (tertiary/aromatic N) is 3. The average molecular weight is 634 g/mol. The predicted molar refractivity (Wildman–Crippen MR) is 175 cm³/mol. The molecule has 0 bridgehead atoms. The van der Waals surface area contributed by atoms with Crippen LogP contribution in [0.1, 0.15) is 64.2 Å². The molecular weight excluding hydrogens is 582 g/mol. The molecule has 1 saturated heterocycles. The number of allylic oxidation sites excluding steroid dienone is 1. The fourth-order valence-corrected chi connectivity index (χ4v) is 7.24. The molecule has 6 unspecified atom stereocenters. The number of nitrogens with one attached hydrogen (secondary N) is 4. The molecule has 11 nitrogen and oxygen atoms in total. The minimum Gasteiger partial charge on any atom is -0.493 e. The van der Waals surface area contributed by atoms with Gasteiger partial charge in [0.25, 0.3) is 0 Å². The van der Waals surface area contributed by atoms with Crippen LogP contribution in [0.2, 0.25) is 0 Å². The molecule has 44 heavy (non-hydrogen) atoms. The van der Waals surface area contributed by atoms with E-state index in [0.717, 1.165) is 77.4 Å². The first-order valence-electron chi connectivity index (χ1n) is 16.4. The number of carbonyl (C=O) groups is 2. The van der Waals surface area contributed by atoms with E-state index in [1.165, 1.54) is 6.08 Å². The molecule has 5 N–H and O–H groups in total. The molecule has 12 heteroatoms. The molecule has 0 spiro atoms. The number of β-amino-alcohol motifs (C(OH)–C–C–N with tert-alkyl or cyclic N) is 1. The van der Waals surface area contributed by atoms with Crippen LogP contribution in [0.4, 0.5) is 4.79 Å². The highest BCUT2D eigenvalue weighted by atomic mass is 35.5. The van der Waals surface area contributed by atoms with Crippen LogP contribution in [0, 0.1) is 11.8 Å². The monoisotopic (exact) mass is 633 g/mol. The van der Waals surface area contributed by atoms with Crippen molar-refractivity contribution >= 4 is 36.5 Å². The first-order valence-corrected chi connectivity index (χ1v) is 16.8. The van der Waals surface area contributed by atoms with Gasteiger partial charge in [-0.3, -0.25) is 20.1 Å². The number of aliphatic imine (C=N–C) groups is 2. The normalized spacial score (nSPS) is 30.5. The minimum atomic E-state index is -0.210.